The maximum Gasteiger partial charge on any atom is 0.311 e. The maximum atomic E-state index is 13.8. The SMILES string of the molecule is CC(C)(C)C(=O)OCC1=C[C@H](OC(=O)C(C)(C)C)[C@@H]2C=CO[C@@H](O[C@@H]3O[C@H](COC(=O)C(C)(C)C)[C@@H](OC(=O)C(C)(C)C)[C@H](OC(=O)C(C)(C)C)[C@H]3OC(=O)C(C)(C)C)[C@H]12. The van der Waals surface area contributed by atoms with Gasteiger partial charge in [0.05, 0.1) is 44.7 Å². The molecule has 1 saturated heterocycles. The highest BCUT2D eigenvalue weighted by atomic mass is 16.8. The Morgan fingerprint density at radius 1 is 0.517 bits per heavy atom. The second kappa shape index (κ2) is 18.2. The second-order valence-corrected chi connectivity index (χ2v) is 22.0. The Hall–Kier alpha value is -3.98. The first-order valence-corrected chi connectivity index (χ1v) is 20.6. The van der Waals surface area contributed by atoms with E-state index in [1.165, 1.54) is 6.26 Å². The molecule has 0 bridgehead atoms. The standard InChI is InChI=1S/C45H70O15/c1-40(2,3)34(46)53-22-24-21-26(56-36(48)42(7,8)9)25-19-20-52-32(28(24)25)60-33-31(59-39(51)45(16,17)18)30(58-38(50)44(13,14)15)29(57-37(49)43(10,11)12)27(55-33)23-54-35(47)41(4,5)6/h19-21,25-33H,22-23H2,1-18H3/t25-,26-,27+,28+,29+,30-,31+,32-,33-/m0/s1. The van der Waals surface area contributed by atoms with E-state index < -0.39 is 130 Å². The summed E-state index contributed by atoms with van der Waals surface area (Å²) in [5.74, 6) is -5.03. The van der Waals surface area contributed by atoms with Crippen LogP contribution in [0.25, 0.3) is 0 Å². The molecule has 3 aliphatic rings. The molecule has 9 atom stereocenters. The van der Waals surface area contributed by atoms with E-state index in [1.54, 1.807) is 137 Å². The summed E-state index contributed by atoms with van der Waals surface area (Å²) in [5, 5.41) is 0. The third-order valence-electron chi connectivity index (χ3n) is 9.66. The minimum absolute atomic E-state index is 0.201. The Kier molecular flexibility index (Phi) is 15.2. The number of ether oxygens (including phenoxy) is 9. The molecule has 0 aromatic carbocycles. The molecule has 2 heterocycles. The molecule has 0 spiro atoms. The number of carbonyl (C=O) groups excluding carboxylic acids is 6. The molecule has 0 unspecified atom stereocenters. The minimum atomic E-state index is -1.62. The van der Waals surface area contributed by atoms with E-state index in [0.29, 0.717) is 5.57 Å². The molecule has 15 heteroatoms. The van der Waals surface area contributed by atoms with Crippen LogP contribution in [-0.4, -0.2) is 92.1 Å². The van der Waals surface area contributed by atoms with E-state index in [2.05, 4.69) is 0 Å². The van der Waals surface area contributed by atoms with Gasteiger partial charge in [-0.05, 0) is 142 Å². The summed E-state index contributed by atoms with van der Waals surface area (Å²) in [4.78, 5) is 80.5. The lowest BCUT2D eigenvalue weighted by Gasteiger charge is -2.47. The molecule has 60 heavy (non-hydrogen) atoms. The van der Waals surface area contributed by atoms with Crippen LogP contribution in [0.4, 0.5) is 0 Å². The highest BCUT2D eigenvalue weighted by molar-refractivity contribution is 5.78. The number of hydrogen-bond acceptors (Lipinski definition) is 15. The van der Waals surface area contributed by atoms with E-state index in [-0.39, 0.29) is 6.61 Å². The molecule has 3 rings (SSSR count). The fraction of sp³-hybridized carbons (Fsp3) is 0.778. The summed E-state index contributed by atoms with van der Waals surface area (Å²) < 4.78 is 55.1. The van der Waals surface area contributed by atoms with Crippen LogP contribution >= 0.6 is 0 Å². The van der Waals surface area contributed by atoms with E-state index >= 15 is 0 Å². The van der Waals surface area contributed by atoms with Gasteiger partial charge in [-0.1, -0.05) is 0 Å². The smallest absolute Gasteiger partial charge is 0.311 e. The Labute approximate surface area is 355 Å². The molecule has 1 aliphatic carbocycles. The van der Waals surface area contributed by atoms with Crippen LogP contribution in [0.5, 0.6) is 0 Å². The zero-order valence-corrected chi connectivity index (χ0v) is 39.0. The van der Waals surface area contributed by atoms with Gasteiger partial charge < -0.3 is 42.6 Å². The van der Waals surface area contributed by atoms with Gasteiger partial charge in [0.15, 0.2) is 18.3 Å². The van der Waals surface area contributed by atoms with Crippen molar-refractivity contribution in [3.05, 3.63) is 24.0 Å². The maximum absolute atomic E-state index is 13.8. The van der Waals surface area contributed by atoms with Crippen molar-refractivity contribution < 1.29 is 71.4 Å². The molecule has 0 radical (unpaired) electrons. The topological polar surface area (TPSA) is 185 Å². The molecular formula is C45H70O15. The number of carbonyl (C=O) groups is 6. The normalized spacial score (nSPS) is 27.4. The van der Waals surface area contributed by atoms with Gasteiger partial charge in [-0.2, -0.15) is 0 Å². The first-order chi connectivity index (χ1) is 27.0. The average molecular weight is 851 g/mol. The van der Waals surface area contributed by atoms with Crippen molar-refractivity contribution in [1.82, 2.24) is 0 Å². The molecule has 1 fully saturated rings. The van der Waals surface area contributed by atoms with Crippen LogP contribution in [0.3, 0.4) is 0 Å². The zero-order chi connectivity index (χ0) is 46.1. The summed E-state index contributed by atoms with van der Waals surface area (Å²) >= 11 is 0. The predicted molar refractivity (Wildman–Crippen MR) is 217 cm³/mol. The number of esters is 6. The Balaban J connectivity index is 2.22. The van der Waals surface area contributed by atoms with Crippen LogP contribution in [0, 0.1) is 44.3 Å². The van der Waals surface area contributed by atoms with E-state index in [9.17, 15) is 28.8 Å². The van der Waals surface area contributed by atoms with Crippen molar-refractivity contribution in [1.29, 1.82) is 0 Å². The lowest BCUT2D eigenvalue weighted by molar-refractivity contribution is -0.344. The van der Waals surface area contributed by atoms with Gasteiger partial charge in [-0.15, -0.1) is 0 Å². The summed E-state index contributed by atoms with van der Waals surface area (Å²) in [5.41, 5.74) is -5.31. The highest BCUT2D eigenvalue weighted by Crippen LogP contribution is 2.44. The summed E-state index contributed by atoms with van der Waals surface area (Å²) in [6.07, 6.45) is -4.88. The molecule has 0 amide bonds. The van der Waals surface area contributed by atoms with Crippen molar-refractivity contribution in [3.63, 3.8) is 0 Å². The molecule has 0 N–H and O–H groups in total. The van der Waals surface area contributed by atoms with Crippen LogP contribution < -0.4 is 0 Å². The fourth-order valence-corrected chi connectivity index (χ4v) is 5.74. The van der Waals surface area contributed by atoms with Gasteiger partial charge in [0.2, 0.25) is 12.6 Å². The summed E-state index contributed by atoms with van der Waals surface area (Å²) in [7, 11) is 0. The molecule has 0 saturated carbocycles. The number of rotatable bonds is 10. The zero-order valence-electron chi connectivity index (χ0n) is 39.0. The van der Waals surface area contributed by atoms with Gasteiger partial charge >= 0.3 is 35.8 Å². The van der Waals surface area contributed by atoms with Gasteiger partial charge in [0, 0.05) is 5.92 Å². The van der Waals surface area contributed by atoms with Crippen molar-refractivity contribution in [2.45, 2.75) is 168 Å². The minimum Gasteiger partial charge on any atom is -0.472 e. The Morgan fingerprint density at radius 2 is 0.933 bits per heavy atom. The molecule has 0 aromatic rings. The molecular weight excluding hydrogens is 780 g/mol. The summed E-state index contributed by atoms with van der Waals surface area (Å²) in [6, 6.07) is 0. The van der Waals surface area contributed by atoms with E-state index in [1.807, 2.05) is 0 Å². The summed E-state index contributed by atoms with van der Waals surface area (Å²) in [6.45, 7) is 29.3. The average Bonchev–Trinajstić information content (AvgIpc) is 3.43. The monoisotopic (exact) mass is 850 g/mol. The second-order valence-electron chi connectivity index (χ2n) is 22.0. The third kappa shape index (κ3) is 13.0. The van der Waals surface area contributed by atoms with Gasteiger partial charge in [-0.3, -0.25) is 28.8 Å². The van der Waals surface area contributed by atoms with Gasteiger partial charge in [0.1, 0.15) is 25.4 Å². The van der Waals surface area contributed by atoms with Crippen molar-refractivity contribution in [2.24, 2.45) is 44.3 Å². The fourth-order valence-electron chi connectivity index (χ4n) is 5.74. The van der Waals surface area contributed by atoms with Crippen molar-refractivity contribution in [3.8, 4) is 0 Å². The Morgan fingerprint density at radius 3 is 1.40 bits per heavy atom. The first-order valence-electron chi connectivity index (χ1n) is 20.6. The van der Waals surface area contributed by atoms with Crippen LogP contribution in [0.15, 0.2) is 24.0 Å². The quantitative estimate of drug-likeness (QED) is 0.127. The van der Waals surface area contributed by atoms with Crippen LogP contribution in [-0.2, 0) is 71.4 Å². The third-order valence-corrected chi connectivity index (χ3v) is 9.66. The van der Waals surface area contributed by atoms with Crippen LogP contribution in [0.1, 0.15) is 125 Å². The molecule has 2 aliphatic heterocycles. The molecule has 15 nitrogen and oxygen atoms in total. The largest absolute Gasteiger partial charge is 0.472 e. The molecule has 340 valence electrons. The van der Waals surface area contributed by atoms with Gasteiger partial charge in [-0.25, -0.2) is 0 Å². The molecule has 0 aromatic heterocycles. The van der Waals surface area contributed by atoms with Crippen molar-refractivity contribution >= 4 is 35.8 Å². The highest BCUT2D eigenvalue weighted by Gasteiger charge is 2.57. The number of fused-ring (bicyclic) bond motifs is 1. The van der Waals surface area contributed by atoms with E-state index in [4.69, 9.17) is 42.6 Å². The van der Waals surface area contributed by atoms with E-state index in [0.717, 1.165) is 0 Å². The lowest BCUT2D eigenvalue weighted by atomic mass is 9.87. The van der Waals surface area contributed by atoms with Crippen molar-refractivity contribution in [2.75, 3.05) is 13.2 Å². The van der Waals surface area contributed by atoms with Gasteiger partial charge in [0.25, 0.3) is 0 Å². The predicted octanol–water partition coefficient (Wildman–Crippen LogP) is 6.78. The Bertz CT molecular complexity index is 1670. The van der Waals surface area contributed by atoms with Crippen LogP contribution in [0.2, 0.25) is 0 Å². The number of hydrogen-bond donors (Lipinski definition) is 0. The lowest BCUT2D eigenvalue weighted by Crippen LogP contribution is -2.65. The first kappa shape index (κ1) is 50.4.